The zero-order chi connectivity index (χ0) is 19.8. The van der Waals surface area contributed by atoms with E-state index < -0.39 is 38.8 Å². The number of carbonyl (C=O) groups is 2. The maximum absolute atomic E-state index is 12.5. The van der Waals surface area contributed by atoms with Crippen LogP contribution in [0.2, 0.25) is 0 Å². The molecular formula is C15H19F3N4O4S. The molecule has 0 bridgehead atoms. The van der Waals surface area contributed by atoms with Gasteiger partial charge in [-0.3, -0.25) is 14.3 Å². The van der Waals surface area contributed by atoms with Gasteiger partial charge in [0.05, 0.1) is 11.8 Å². The van der Waals surface area contributed by atoms with Crippen LogP contribution in [0.4, 0.5) is 13.2 Å². The summed E-state index contributed by atoms with van der Waals surface area (Å²) in [6.07, 6.45) is -2.11. The zero-order valence-electron chi connectivity index (χ0n) is 14.3. The summed E-state index contributed by atoms with van der Waals surface area (Å²) in [4.78, 5) is 25.7. The van der Waals surface area contributed by atoms with E-state index >= 15 is 0 Å². The maximum Gasteiger partial charge on any atom is 0.435 e. The number of alkyl halides is 3. The number of amides is 2. The largest absolute Gasteiger partial charge is 0.435 e. The van der Waals surface area contributed by atoms with Crippen molar-refractivity contribution >= 4 is 21.7 Å². The van der Waals surface area contributed by atoms with Crippen LogP contribution in [-0.4, -0.2) is 65.0 Å². The normalized spacial score (nSPS) is 24.5. The minimum absolute atomic E-state index is 0.00289. The van der Waals surface area contributed by atoms with Crippen molar-refractivity contribution < 1.29 is 31.2 Å². The number of halogens is 3. The van der Waals surface area contributed by atoms with E-state index in [4.69, 9.17) is 0 Å². The van der Waals surface area contributed by atoms with Crippen molar-refractivity contribution in [3.63, 3.8) is 0 Å². The number of hydrogen-bond acceptors (Lipinski definition) is 5. The van der Waals surface area contributed by atoms with Gasteiger partial charge in [0, 0.05) is 19.3 Å². The van der Waals surface area contributed by atoms with Crippen molar-refractivity contribution in [2.45, 2.75) is 43.3 Å². The average Bonchev–Trinajstić information content (AvgIpc) is 3.11. The fourth-order valence-corrected chi connectivity index (χ4v) is 5.02. The molecule has 1 aromatic rings. The molecule has 0 aromatic carbocycles. The molecule has 27 heavy (non-hydrogen) atoms. The molecule has 2 atom stereocenters. The lowest BCUT2D eigenvalue weighted by Gasteiger charge is -2.41. The number of carbonyl (C=O) groups excluding carboxylic acids is 2. The van der Waals surface area contributed by atoms with Crippen LogP contribution >= 0.6 is 0 Å². The van der Waals surface area contributed by atoms with E-state index in [1.165, 1.54) is 4.90 Å². The summed E-state index contributed by atoms with van der Waals surface area (Å²) in [6.45, 7) is 0.204. The highest BCUT2D eigenvalue weighted by Crippen LogP contribution is 2.27. The van der Waals surface area contributed by atoms with Crippen molar-refractivity contribution in [3.05, 3.63) is 18.0 Å². The molecule has 0 spiro atoms. The molecule has 0 radical (unpaired) electrons. The first-order valence-electron chi connectivity index (χ1n) is 8.47. The molecule has 2 aliphatic heterocycles. The second-order valence-corrected chi connectivity index (χ2v) is 8.97. The SMILES string of the molecule is O=C(NCC1CCN1C(=O)Cn1ccc(C(F)(F)F)n1)C1CCCS1(=O)=O. The molecule has 0 saturated carbocycles. The van der Waals surface area contributed by atoms with Gasteiger partial charge in [-0.25, -0.2) is 8.42 Å². The lowest BCUT2D eigenvalue weighted by Crippen LogP contribution is -2.57. The van der Waals surface area contributed by atoms with Crippen molar-refractivity contribution in [1.82, 2.24) is 20.0 Å². The highest BCUT2D eigenvalue weighted by Gasteiger charge is 2.39. The first-order chi connectivity index (χ1) is 12.6. The zero-order valence-corrected chi connectivity index (χ0v) is 15.1. The van der Waals surface area contributed by atoms with Gasteiger partial charge in [-0.1, -0.05) is 0 Å². The number of rotatable bonds is 5. The van der Waals surface area contributed by atoms with Gasteiger partial charge < -0.3 is 10.2 Å². The fraction of sp³-hybridized carbons (Fsp3) is 0.667. The maximum atomic E-state index is 12.5. The van der Waals surface area contributed by atoms with E-state index in [1.54, 1.807) is 0 Å². The van der Waals surface area contributed by atoms with Crippen LogP contribution in [0.1, 0.15) is 25.0 Å². The van der Waals surface area contributed by atoms with Crippen LogP contribution in [0.3, 0.4) is 0 Å². The number of nitrogens with zero attached hydrogens (tertiary/aromatic N) is 3. The molecule has 2 saturated heterocycles. The van der Waals surface area contributed by atoms with Crippen LogP contribution < -0.4 is 5.32 Å². The third-order valence-electron chi connectivity index (χ3n) is 4.83. The van der Waals surface area contributed by atoms with E-state index in [-0.39, 0.29) is 24.9 Å². The van der Waals surface area contributed by atoms with Crippen molar-refractivity contribution in [2.75, 3.05) is 18.8 Å². The Morgan fingerprint density at radius 2 is 2.04 bits per heavy atom. The Morgan fingerprint density at radius 3 is 2.56 bits per heavy atom. The standard InChI is InChI=1S/C15H19F3N4O4S/c16-15(17,18)12-4-5-21(20-12)9-13(23)22-6-3-10(22)8-19-14(24)11-2-1-7-27(11,25)26/h4-5,10-11H,1-3,6-9H2,(H,19,24). The number of aromatic nitrogens is 2. The Hall–Kier alpha value is -2.11. The van der Waals surface area contributed by atoms with Gasteiger partial charge in [0.25, 0.3) is 0 Å². The minimum Gasteiger partial charge on any atom is -0.353 e. The van der Waals surface area contributed by atoms with Gasteiger partial charge >= 0.3 is 6.18 Å². The predicted octanol–water partition coefficient (Wildman–Crippen LogP) is 0.196. The van der Waals surface area contributed by atoms with E-state index in [9.17, 15) is 31.2 Å². The Bertz CT molecular complexity index is 836. The summed E-state index contributed by atoms with van der Waals surface area (Å²) in [7, 11) is -3.40. The average molecular weight is 408 g/mol. The number of sulfone groups is 1. The third kappa shape index (κ3) is 4.25. The quantitative estimate of drug-likeness (QED) is 0.750. The lowest BCUT2D eigenvalue weighted by molar-refractivity contribution is -0.143. The second-order valence-electron chi connectivity index (χ2n) is 6.67. The number of likely N-dealkylation sites (tertiary alicyclic amines) is 1. The molecule has 12 heteroatoms. The summed E-state index contributed by atoms with van der Waals surface area (Å²) in [5.74, 6) is -0.970. The van der Waals surface area contributed by atoms with E-state index in [1.807, 2.05) is 0 Å². The molecule has 2 aliphatic rings. The summed E-state index contributed by atoms with van der Waals surface area (Å²) in [5, 5.41) is 4.87. The monoisotopic (exact) mass is 408 g/mol. The van der Waals surface area contributed by atoms with Crippen molar-refractivity contribution in [2.24, 2.45) is 0 Å². The van der Waals surface area contributed by atoms with Crippen LogP contribution in [0.5, 0.6) is 0 Å². The van der Waals surface area contributed by atoms with Crippen LogP contribution in [0.25, 0.3) is 0 Å². The molecule has 1 aromatic heterocycles. The molecule has 8 nitrogen and oxygen atoms in total. The number of hydrogen-bond donors (Lipinski definition) is 1. The van der Waals surface area contributed by atoms with E-state index in [2.05, 4.69) is 10.4 Å². The summed E-state index contributed by atoms with van der Waals surface area (Å²) in [5.41, 5.74) is -1.07. The summed E-state index contributed by atoms with van der Waals surface area (Å²) in [6, 6.07) is 0.492. The summed E-state index contributed by atoms with van der Waals surface area (Å²) < 4.78 is 62.1. The lowest BCUT2D eigenvalue weighted by atomic mass is 10.0. The Morgan fingerprint density at radius 1 is 1.30 bits per heavy atom. The molecule has 2 fully saturated rings. The van der Waals surface area contributed by atoms with E-state index in [0.29, 0.717) is 25.8 Å². The smallest absolute Gasteiger partial charge is 0.353 e. The van der Waals surface area contributed by atoms with Gasteiger partial charge in [0.15, 0.2) is 15.5 Å². The fourth-order valence-electron chi connectivity index (χ4n) is 3.23. The highest BCUT2D eigenvalue weighted by molar-refractivity contribution is 7.93. The van der Waals surface area contributed by atoms with Crippen LogP contribution in [-0.2, 0) is 32.1 Å². The van der Waals surface area contributed by atoms with Crippen LogP contribution in [0, 0.1) is 0 Å². The molecule has 1 N–H and O–H groups in total. The van der Waals surface area contributed by atoms with Crippen molar-refractivity contribution in [3.8, 4) is 0 Å². The molecule has 3 rings (SSSR count). The molecular weight excluding hydrogens is 389 g/mol. The predicted molar refractivity (Wildman–Crippen MR) is 87.2 cm³/mol. The highest BCUT2D eigenvalue weighted by atomic mass is 32.2. The van der Waals surface area contributed by atoms with Gasteiger partial charge in [-0.2, -0.15) is 18.3 Å². The Balaban J connectivity index is 1.51. The number of nitrogens with one attached hydrogen (secondary N) is 1. The van der Waals surface area contributed by atoms with Crippen molar-refractivity contribution in [1.29, 1.82) is 0 Å². The Kier molecular flexibility index (Phi) is 5.19. The molecule has 0 aliphatic carbocycles. The molecule has 2 unspecified atom stereocenters. The first-order valence-corrected chi connectivity index (χ1v) is 10.2. The topological polar surface area (TPSA) is 101 Å². The minimum atomic E-state index is -4.57. The second kappa shape index (κ2) is 7.13. The van der Waals surface area contributed by atoms with E-state index in [0.717, 1.165) is 16.9 Å². The molecule has 2 amide bonds. The van der Waals surface area contributed by atoms with Gasteiger partial charge in [0.2, 0.25) is 11.8 Å². The molecule has 3 heterocycles. The first kappa shape index (κ1) is 19.6. The Labute approximate surface area is 153 Å². The van der Waals surface area contributed by atoms with Gasteiger partial charge in [-0.05, 0) is 25.3 Å². The summed E-state index contributed by atoms with van der Waals surface area (Å²) >= 11 is 0. The van der Waals surface area contributed by atoms with Crippen LogP contribution in [0.15, 0.2) is 12.3 Å². The van der Waals surface area contributed by atoms with Gasteiger partial charge in [-0.15, -0.1) is 0 Å². The third-order valence-corrected chi connectivity index (χ3v) is 7.00. The van der Waals surface area contributed by atoms with Gasteiger partial charge in [0.1, 0.15) is 11.8 Å². The molecule has 150 valence electrons.